The lowest BCUT2D eigenvalue weighted by Crippen LogP contribution is -2.30. The van der Waals surface area contributed by atoms with Crippen LogP contribution in [0.3, 0.4) is 0 Å². The van der Waals surface area contributed by atoms with E-state index in [0.717, 1.165) is 16.8 Å². The average molecular weight is 336 g/mol. The Morgan fingerprint density at radius 1 is 0.875 bits per heavy atom. The van der Waals surface area contributed by atoms with Crippen LogP contribution in [0.25, 0.3) is 0 Å². The van der Waals surface area contributed by atoms with Gasteiger partial charge in [-0.15, -0.1) is 0 Å². The van der Waals surface area contributed by atoms with Crippen LogP contribution < -0.4 is 4.31 Å². The van der Waals surface area contributed by atoms with Gasteiger partial charge in [0.05, 0.1) is 5.69 Å². The van der Waals surface area contributed by atoms with Gasteiger partial charge in [0.1, 0.15) is 0 Å². The molecule has 4 rings (SSSR count). The first-order valence-corrected chi connectivity index (χ1v) is 9.19. The topological polar surface area (TPSA) is 50.3 Å². The second-order valence-electron chi connectivity index (χ2n) is 5.73. The summed E-state index contributed by atoms with van der Waals surface area (Å²) in [6.07, 6.45) is 1.50. The number of anilines is 1. The van der Waals surface area contributed by atoms with Crippen molar-refractivity contribution in [3.8, 4) is 0 Å². The maximum Gasteiger partial charge on any atom is 0.281 e. The summed E-state index contributed by atoms with van der Waals surface area (Å²) >= 11 is 0. The van der Waals surface area contributed by atoms with E-state index in [-0.39, 0.29) is 10.9 Å². The second kappa shape index (κ2) is 5.76. The van der Waals surface area contributed by atoms with Gasteiger partial charge in [-0.2, -0.15) is 8.42 Å². The lowest BCUT2D eigenvalue weighted by molar-refractivity contribution is 0.587. The van der Waals surface area contributed by atoms with E-state index in [0.29, 0.717) is 6.54 Å². The molecule has 2 heterocycles. The van der Waals surface area contributed by atoms with Gasteiger partial charge in [-0.25, -0.2) is 4.98 Å². The number of pyridine rings is 1. The van der Waals surface area contributed by atoms with E-state index in [4.69, 9.17) is 0 Å². The van der Waals surface area contributed by atoms with Crippen LogP contribution in [0.2, 0.25) is 0 Å². The van der Waals surface area contributed by atoms with Crippen molar-refractivity contribution in [3.05, 3.63) is 90.1 Å². The quantitative estimate of drug-likeness (QED) is 0.736. The maximum absolute atomic E-state index is 13.0. The zero-order valence-corrected chi connectivity index (χ0v) is 13.7. The summed E-state index contributed by atoms with van der Waals surface area (Å²) in [7, 11) is -3.67. The zero-order valence-electron chi connectivity index (χ0n) is 12.9. The fraction of sp³-hybridized carbons (Fsp3) is 0.105. The van der Waals surface area contributed by atoms with Gasteiger partial charge in [0.25, 0.3) is 10.0 Å². The van der Waals surface area contributed by atoms with Crippen LogP contribution in [0.4, 0.5) is 5.69 Å². The van der Waals surface area contributed by atoms with Gasteiger partial charge in [0, 0.05) is 18.7 Å². The Balaban J connectivity index is 1.82. The fourth-order valence-corrected chi connectivity index (χ4v) is 4.62. The van der Waals surface area contributed by atoms with Crippen molar-refractivity contribution in [2.24, 2.45) is 0 Å². The smallest absolute Gasteiger partial charge is 0.264 e. The SMILES string of the molecule is O=S(=O)(c1ccccn1)N1CC(c2ccccc2)c2ccccc21. The molecule has 4 nitrogen and oxygen atoms in total. The number of para-hydroxylation sites is 1. The summed E-state index contributed by atoms with van der Waals surface area (Å²) < 4.78 is 27.5. The standard InChI is InChI=1S/C19H16N2O2S/c22-24(23,19-12-6-7-13-20-19)21-14-17(15-8-2-1-3-9-15)16-10-4-5-11-18(16)21/h1-13,17H,14H2. The molecule has 0 radical (unpaired) electrons. The number of rotatable bonds is 3. The van der Waals surface area contributed by atoms with Crippen LogP contribution in [-0.2, 0) is 10.0 Å². The molecule has 0 aliphatic carbocycles. The Bertz CT molecular complexity index is 957. The summed E-state index contributed by atoms with van der Waals surface area (Å²) in [6, 6.07) is 22.6. The zero-order chi connectivity index (χ0) is 16.6. The van der Waals surface area contributed by atoms with Gasteiger partial charge in [-0.3, -0.25) is 4.31 Å². The number of aromatic nitrogens is 1. The molecule has 24 heavy (non-hydrogen) atoms. The van der Waals surface area contributed by atoms with Crippen LogP contribution in [0, 0.1) is 0 Å². The highest BCUT2D eigenvalue weighted by molar-refractivity contribution is 7.92. The van der Waals surface area contributed by atoms with Crippen molar-refractivity contribution >= 4 is 15.7 Å². The number of nitrogens with zero attached hydrogens (tertiary/aromatic N) is 2. The second-order valence-corrected chi connectivity index (χ2v) is 7.54. The number of hydrogen-bond acceptors (Lipinski definition) is 3. The lowest BCUT2D eigenvalue weighted by atomic mass is 9.93. The highest BCUT2D eigenvalue weighted by Gasteiger charge is 2.37. The van der Waals surface area contributed by atoms with Crippen molar-refractivity contribution in [2.75, 3.05) is 10.8 Å². The van der Waals surface area contributed by atoms with E-state index in [2.05, 4.69) is 4.98 Å². The molecule has 0 N–H and O–H groups in total. The largest absolute Gasteiger partial charge is 0.281 e. The molecule has 120 valence electrons. The van der Waals surface area contributed by atoms with Crippen LogP contribution >= 0.6 is 0 Å². The monoisotopic (exact) mass is 336 g/mol. The molecule has 5 heteroatoms. The first-order chi connectivity index (χ1) is 11.7. The minimum absolute atomic E-state index is 0.0286. The molecule has 2 aromatic carbocycles. The summed E-state index contributed by atoms with van der Waals surface area (Å²) in [5.41, 5.74) is 2.88. The Hall–Kier alpha value is -2.66. The van der Waals surface area contributed by atoms with E-state index in [1.807, 2.05) is 54.6 Å². The minimum atomic E-state index is -3.67. The Labute approximate surface area is 141 Å². The van der Waals surface area contributed by atoms with E-state index in [9.17, 15) is 8.42 Å². The molecule has 0 bridgehead atoms. The van der Waals surface area contributed by atoms with E-state index < -0.39 is 10.0 Å². The molecule has 0 spiro atoms. The fourth-order valence-electron chi connectivity index (χ4n) is 3.18. The Kier molecular flexibility index (Phi) is 3.58. The summed E-state index contributed by atoms with van der Waals surface area (Å²) in [5, 5.41) is 0.0773. The predicted octanol–water partition coefficient (Wildman–Crippen LogP) is 3.42. The number of benzene rings is 2. The van der Waals surface area contributed by atoms with Crippen molar-refractivity contribution in [3.63, 3.8) is 0 Å². The molecule has 0 saturated carbocycles. The Morgan fingerprint density at radius 3 is 2.33 bits per heavy atom. The molecule has 0 amide bonds. The van der Waals surface area contributed by atoms with Crippen molar-refractivity contribution < 1.29 is 8.42 Å². The molecular weight excluding hydrogens is 320 g/mol. The third-order valence-electron chi connectivity index (χ3n) is 4.32. The van der Waals surface area contributed by atoms with Crippen molar-refractivity contribution in [2.45, 2.75) is 10.9 Å². The molecule has 1 atom stereocenters. The highest BCUT2D eigenvalue weighted by Crippen LogP contribution is 2.42. The number of fused-ring (bicyclic) bond motifs is 1. The van der Waals surface area contributed by atoms with E-state index >= 15 is 0 Å². The maximum atomic E-state index is 13.0. The van der Waals surface area contributed by atoms with E-state index in [1.165, 1.54) is 16.6 Å². The predicted molar refractivity (Wildman–Crippen MR) is 93.5 cm³/mol. The third-order valence-corrected chi connectivity index (χ3v) is 6.02. The lowest BCUT2D eigenvalue weighted by Gasteiger charge is -2.19. The van der Waals surface area contributed by atoms with Gasteiger partial charge in [-0.05, 0) is 29.3 Å². The first-order valence-electron chi connectivity index (χ1n) is 7.75. The van der Waals surface area contributed by atoms with Crippen LogP contribution in [0.5, 0.6) is 0 Å². The molecule has 1 aromatic heterocycles. The van der Waals surface area contributed by atoms with Gasteiger partial charge in [0.15, 0.2) is 5.03 Å². The molecule has 0 fully saturated rings. The average Bonchev–Trinajstić information content (AvgIpc) is 3.04. The van der Waals surface area contributed by atoms with Gasteiger partial charge >= 0.3 is 0 Å². The molecule has 1 unspecified atom stereocenters. The summed E-state index contributed by atoms with van der Waals surface area (Å²) in [6.45, 7) is 0.391. The first kappa shape index (κ1) is 14.9. The van der Waals surface area contributed by atoms with Gasteiger partial charge in [-0.1, -0.05) is 54.6 Å². The normalized spacial score (nSPS) is 16.8. The van der Waals surface area contributed by atoms with Crippen LogP contribution in [0.15, 0.2) is 84.0 Å². The number of sulfonamides is 1. The molecule has 1 aliphatic heterocycles. The van der Waals surface area contributed by atoms with Gasteiger partial charge < -0.3 is 0 Å². The molecular formula is C19H16N2O2S. The molecule has 0 saturated heterocycles. The molecule has 1 aliphatic rings. The minimum Gasteiger partial charge on any atom is -0.264 e. The van der Waals surface area contributed by atoms with Crippen molar-refractivity contribution in [1.82, 2.24) is 4.98 Å². The molecule has 3 aromatic rings. The summed E-state index contributed by atoms with van der Waals surface area (Å²) in [5.74, 6) is 0.0286. The Morgan fingerprint density at radius 2 is 1.58 bits per heavy atom. The van der Waals surface area contributed by atoms with E-state index in [1.54, 1.807) is 12.1 Å². The highest BCUT2D eigenvalue weighted by atomic mass is 32.2. The van der Waals surface area contributed by atoms with Crippen LogP contribution in [-0.4, -0.2) is 19.9 Å². The van der Waals surface area contributed by atoms with Crippen LogP contribution in [0.1, 0.15) is 17.0 Å². The summed E-state index contributed by atoms with van der Waals surface area (Å²) in [4.78, 5) is 4.04. The van der Waals surface area contributed by atoms with Crippen molar-refractivity contribution in [1.29, 1.82) is 0 Å². The van der Waals surface area contributed by atoms with Gasteiger partial charge in [0.2, 0.25) is 0 Å². The number of hydrogen-bond donors (Lipinski definition) is 0. The third kappa shape index (κ3) is 2.37.